The molecule has 0 unspecified atom stereocenters. The molecular weight excluding hydrogens is 489 g/mol. The van der Waals surface area contributed by atoms with Gasteiger partial charge < -0.3 is 11.1 Å². The largest absolute Gasteiger partial charge is 0.384 e. The SMILES string of the molecule is CC[C@@H](NC(=O)N1C(=O)[C@H](Cc2cc(C)nc(N)c2)[C@H]1C(=O)N(C)c1ccnn1C)c1ccc(C)c(F)c1. The molecule has 3 aromatic rings. The fourth-order valence-electron chi connectivity index (χ4n) is 4.87. The van der Waals surface area contributed by atoms with Crippen LogP contribution in [0.25, 0.3) is 0 Å². The number of benzene rings is 1. The molecule has 10 nitrogen and oxygen atoms in total. The quantitative estimate of drug-likeness (QED) is 0.460. The van der Waals surface area contributed by atoms with Crippen LogP contribution in [0.2, 0.25) is 0 Å². The Kier molecular flexibility index (Phi) is 7.47. The van der Waals surface area contributed by atoms with Crippen molar-refractivity contribution in [2.75, 3.05) is 17.7 Å². The summed E-state index contributed by atoms with van der Waals surface area (Å²) in [6.45, 7) is 5.29. The summed E-state index contributed by atoms with van der Waals surface area (Å²) in [6, 6.07) is 7.59. The Hall–Kier alpha value is -4.28. The summed E-state index contributed by atoms with van der Waals surface area (Å²) in [6.07, 6.45) is 2.23. The number of nitrogens with zero attached hydrogens (tertiary/aromatic N) is 5. The maximum atomic E-state index is 14.2. The van der Waals surface area contributed by atoms with Gasteiger partial charge in [-0.15, -0.1) is 0 Å². The van der Waals surface area contributed by atoms with Gasteiger partial charge in [-0.1, -0.05) is 19.1 Å². The van der Waals surface area contributed by atoms with Crippen molar-refractivity contribution in [2.24, 2.45) is 13.0 Å². The van der Waals surface area contributed by atoms with Crippen molar-refractivity contribution in [3.8, 4) is 0 Å². The molecule has 1 aromatic carbocycles. The number of aryl methyl sites for hydroxylation is 3. The number of hydrogen-bond donors (Lipinski definition) is 2. The minimum absolute atomic E-state index is 0.214. The number of carbonyl (C=O) groups excluding carboxylic acids is 3. The molecule has 1 fully saturated rings. The predicted molar refractivity (Wildman–Crippen MR) is 141 cm³/mol. The van der Waals surface area contributed by atoms with Gasteiger partial charge in [0.15, 0.2) is 0 Å². The summed E-state index contributed by atoms with van der Waals surface area (Å²) in [4.78, 5) is 47.0. The molecule has 3 heterocycles. The highest BCUT2D eigenvalue weighted by atomic mass is 19.1. The van der Waals surface area contributed by atoms with Crippen LogP contribution in [0.3, 0.4) is 0 Å². The van der Waals surface area contributed by atoms with E-state index in [-0.39, 0.29) is 12.2 Å². The molecule has 3 atom stereocenters. The number of rotatable bonds is 7. The first kappa shape index (κ1) is 26.8. The van der Waals surface area contributed by atoms with E-state index in [0.717, 1.165) is 10.5 Å². The number of imide groups is 1. The van der Waals surface area contributed by atoms with E-state index in [0.29, 0.717) is 34.9 Å². The third-order valence-electron chi connectivity index (χ3n) is 6.95. The molecule has 0 aliphatic carbocycles. The number of anilines is 2. The van der Waals surface area contributed by atoms with Crippen molar-refractivity contribution >= 4 is 29.5 Å². The van der Waals surface area contributed by atoms with Gasteiger partial charge in [0, 0.05) is 25.9 Å². The Morgan fingerprint density at radius 1 is 1.21 bits per heavy atom. The number of pyridine rings is 1. The zero-order valence-electron chi connectivity index (χ0n) is 22.1. The summed E-state index contributed by atoms with van der Waals surface area (Å²) in [7, 11) is 3.27. The summed E-state index contributed by atoms with van der Waals surface area (Å²) in [5, 5.41) is 6.92. The maximum Gasteiger partial charge on any atom is 0.325 e. The second kappa shape index (κ2) is 10.6. The summed E-state index contributed by atoms with van der Waals surface area (Å²) in [5.74, 6) is -1.24. The minimum Gasteiger partial charge on any atom is -0.384 e. The van der Waals surface area contributed by atoms with E-state index in [9.17, 15) is 18.8 Å². The van der Waals surface area contributed by atoms with Gasteiger partial charge in [0.2, 0.25) is 5.91 Å². The lowest BCUT2D eigenvalue weighted by Crippen LogP contribution is -2.70. The number of nitrogens with one attached hydrogen (secondary N) is 1. The molecular formula is C27H32FN7O3. The van der Waals surface area contributed by atoms with Gasteiger partial charge in [-0.25, -0.2) is 14.2 Å². The number of nitrogen functional groups attached to an aromatic ring is 1. The van der Waals surface area contributed by atoms with E-state index in [1.165, 1.54) is 15.6 Å². The number of carbonyl (C=O) groups is 3. The number of likely N-dealkylation sites (tertiary alicyclic amines) is 1. The number of β-lactam (4-membered cyclic amide) rings is 1. The molecule has 11 heteroatoms. The van der Waals surface area contributed by atoms with Crippen LogP contribution in [0.1, 0.15) is 41.8 Å². The number of hydrogen-bond acceptors (Lipinski definition) is 6. The van der Waals surface area contributed by atoms with Crippen LogP contribution >= 0.6 is 0 Å². The lowest BCUT2D eigenvalue weighted by molar-refractivity contribution is -0.156. The monoisotopic (exact) mass is 521 g/mol. The molecule has 3 N–H and O–H groups in total. The summed E-state index contributed by atoms with van der Waals surface area (Å²) < 4.78 is 15.7. The first-order valence-corrected chi connectivity index (χ1v) is 12.4. The van der Waals surface area contributed by atoms with E-state index < -0.39 is 35.8 Å². The lowest BCUT2D eigenvalue weighted by Gasteiger charge is -2.46. The van der Waals surface area contributed by atoms with Gasteiger partial charge in [0.05, 0.1) is 18.2 Å². The van der Waals surface area contributed by atoms with Crippen LogP contribution < -0.4 is 16.0 Å². The number of amides is 4. The second-order valence-corrected chi connectivity index (χ2v) is 9.63. The average Bonchev–Trinajstić information content (AvgIpc) is 3.30. The highest BCUT2D eigenvalue weighted by Gasteiger charge is 2.55. The van der Waals surface area contributed by atoms with Crippen LogP contribution in [-0.4, -0.2) is 50.6 Å². The van der Waals surface area contributed by atoms with Gasteiger partial charge in [-0.3, -0.25) is 24.1 Å². The Balaban J connectivity index is 1.62. The van der Waals surface area contributed by atoms with Crippen molar-refractivity contribution in [3.63, 3.8) is 0 Å². The zero-order chi connectivity index (χ0) is 27.7. The Morgan fingerprint density at radius 2 is 1.95 bits per heavy atom. The predicted octanol–water partition coefficient (Wildman–Crippen LogP) is 3.05. The normalized spacial score (nSPS) is 17.6. The van der Waals surface area contributed by atoms with Crippen LogP contribution in [-0.2, 0) is 23.1 Å². The number of nitrogens with two attached hydrogens (primary N) is 1. The number of likely N-dealkylation sites (N-methyl/N-ethyl adjacent to an activating group) is 1. The van der Waals surface area contributed by atoms with Crippen molar-refractivity contribution in [2.45, 2.75) is 45.7 Å². The van der Waals surface area contributed by atoms with E-state index in [1.54, 1.807) is 64.5 Å². The Bertz CT molecular complexity index is 1370. The highest BCUT2D eigenvalue weighted by Crippen LogP contribution is 2.33. The standard InChI is InChI=1S/C27H32FN7O3/c1-6-21(18-8-7-15(2)20(28)14-18)32-27(38)35-24(26(37)33(4)23-9-10-30-34(23)5)19(25(35)36)12-17-11-16(3)31-22(29)13-17/h7-11,13-14,19,21,24H,6,12H2,1-5H3,(H2,29,31)(H,32,38)/t19-,21-,24+/m1/s1. The Labute approximate surface area is 220 Å². The number of halogens is 1. The van der Waals surface area contributed by atoms with Gasteiger partial charge in [-0.2, -0.15) is 5.10 Å². The summed E-state index contributed by atoms with van der Waals surface area (Å²) in [5.41, 5.74) is 8.39. The van der Waals surface area contributed by atoms with Crippen molar-refractivity contribution in [1.29, 1.82) is 0 Å². The molecule has 0 saturated carbocycles. The molecule has 4 amide bonds. The number of urea groups is 1. The molecule has 0 radical (unpaired) electrons. The topological polar surface area (TPSA) is 126 Å². The van der Waals surface area contributed by atoms with Gasteiger partial charge in [-0.05, 0) is 61.6 Å². The molecule has 1 aliphatic rings. The lowest BCUT2D eigenvalue weighted by atomic mass is 9.81. The first-order valence-electron chi connectivity index (χ1n) is 12.4. The number of aromatic nitrogens is 3. The first-order chi connectivity index (χ1) is 18.0. The van der Waals surface area contributed by atoms with E-state index in [1.807, 2.05) is 6.92 Å². The smallest absolute Gasteiger partial charge is 0.325 e. The third-order valence-corrected chi connectivity index (χ3v) is 6.95. The molecule has 38 heavy (non-hydrogen) atoms. The fourth-order valence-corrected chi connectivity index (χ4v) is 4.87. The average molecular weight is 522 g/mol. The maximum absolute atomic E-state index is 14.2. The second-order valence-electron chi connectivity index (χ2n) is 9.63. The van der Waals surface area contributed by atoms with Gasteiger partial charge >= 0.3 is 6.03 Å². The molecule has 2 aromatic heterocycles. The van der Waals surface area contributed by atoms with E-state index in [2.05, 4.69) is 15.4 Å². The van der Waals surface area contributed by atoms with E-state index >= 15 is 0 Å². The van der Waals surface area contributed by atoms with Crippen LogP contribution in [0.4, 0.5) is 20.8 Å². The Morgan fingerprint density at radius 3 is 2.55 bits per heavy atom. The highest BCUT2D eigenvalue weighted by molar-refractivity contribution is 6.12. The molecule has 0 spiro atoms. The minimum atomic E-state index is -1.05. The van der Waals surface area contributed by atoms with Gasteiger partial charge in [0.25, 0.3) is 5.91 Å². The third kappa shape index (κ3) is 5.09. The summed E-state index contributed by atoms with van der Waals surface area (Å²) >= 11 is 0. The van der Waals surface area contributed by atoms with Crippen LogP contribution in [0.15, 0.2) is 42.6 Å². The molecule has 1 aliphatic heterocycles. The molecule has 200 valence electrons. The van der Waals surface area contributed by atoms with Crippen molar-refractivity contribution in [3.05, 3.63) is 70.8 Å². The van der Waals surface area contributed by atoms with Crippen LogP contribution in [0, 0.1) is 25.6 Å². The van der Waals surface area contributed by atoms with E-state index in [4.69, 9.17) is 5.73 Å². The molecule has 4 rings (SSSR count). The van der Waals surface area contributed by atoms with Crippen LogP contribution in [0.5, 0.6) is 0 Å². The molecule has 0 bridgehead atoms. The fraction of sp³-hybridized carbons (Fsp3) is 0.370. The van der Waals surface area contributed by atoms with Crippen molar-refractivity contribution < 1.29 is 18.8 Å². The van der Waals surface area contributed by atoms with Crippen molar-refractivity contribution in [1.82, 2.24) is 25.0 Å². The molecule has 1 saturated heterocycles. The van der Waals surface area contributed by atoms with Gasteiger partial charge in [0.1, 0.15) is 23.5 Å². The zero-order valence-corrected chi connectivity index (χ0v) is 22.1.